The van der Waals surface area contributed by atoms with Gasteiger partial charge in [0.25, 0.3) is 0 Å². The molecule has 124 valence electrons. The summed E-state index contributed by atoms with van der Waals surface area (Å²) in [6, 6.07) is 20.0. The maximum Gasteiger partial charge on any atom is 0.174 e. The van der Waals surface area contributed by atoms with Crippen molar-refractivity contribution < 1.29 is 4.52 Å². The number of nitrogens with one attached hydrogen (secondary N) is 1. The third kappa shape index (κ3) is 3.04. The molecule has 0 unspecified atom stereocenters. The lowest BCUT2D eigenvalue weighted by atomic mass is 10.1. The van der Waals surface area contributed by atoms with E-state index < -0.39 is 0 Å². The Balaban J connectivity index is 1.62. The number of aromatic nitrogens is 2. The molecule has 25 heavy (non-hydrogen) atoms. The molecule has 2 heterocycles. The van der Waals surface area contributed by atoms with E-state index in [1.54, 1.807) is 0 Å². The Morgan fingerprint density at radius 3 is 2.68 bits per heavy atom. The number of hydrogen-bond acceptors (Lipinski definition) is 5. The maximum absolute atomic E-state index is 5.96. The standard InChI is InChI=1S/C20H18N4O/c1-13-7-9-18(20(21)23-13)22-12-14-8-10-17-16(11-14)19(25-24-17)15-5-3-2-4-6-15/h2-11,22H,12H2,1H3,(H2,21,23). The van der Waals surface area contributed by atoms with Crippen molar-refractivity contribution in [3.05, 3.63) is 71.9 Å². The minimum absolute atomic E-state index is 0.510. The molecule has 0 spiro atoms. The van der Waals surface area contributed by atoms with E-state index in [0.29, 0.717) is 12.4 Å². The summed E-state index contributed by atoms with van der Waals surface area (Å²) in [5, 5.41) is 8.49. The highest BCUT2D eigenvalue weighted by Crippen LogP contribution is 2.29. The normalized spacial score (nSPS) is 10.9. The minimum Gasteiger partial charge on any atom is -0.382 e. The Hall–Kier alpha value is -3.34. The molecule has 4 rings (SSSR count). The van der Waals surface area contributed by atoms with Gasteiger partial charge >= 0.3 is 0 Å². The Labute approximate surface area is 145 Å². The van der Waals surface area contributed by atoms with E-state index in [4.69, 9.17) is 10.3 Å². The van der Waals surface area contributed by atoms with Gasteiger partial charge < -0.3 is 15.6 Å². The molecule has 0 radical (unpaired) electrons. The van der Waals surface area contributed by atoms with Crippen LogP contribution in [0.5, 0.6) is 0 Å². The molecule has 0 amide bonds. The molecular formula is C20H18N4O. The van der Waals surface area contributed by atoms with Crippen LogP contribution in [-0.2, 0) is 6.54 Å². The summed E-state index contributed by atoms with van der Waals surface area (Å²) >= 11 is 0. The first-order valence-corrected chi connectivity index (χ1v) is 8.11. The summed E-state index contributed by atoms with van der Waals surface area (Å²) in [5.74, 6) is 1.30. The summed E-state index contributed by atoms with van der Waals surface area (Å²) in [6.45, 7) is 2.56. The van der Waals surface area contributed by atoms with Crippen molar-refractivity contribution in [3.8, 4) is 11.3 Å². The fourth-order valence-electron chi connectivity index (χ4n) is 2.82. The topological polar surface area (TPSA) is 77.0 Å². The minimum atomic E-state index is 0.510. The number of nitrogen functional groups attached to an aromatic ring is 1. The lowest BCUT2D eigenvalue weighted by Gasteiger charge is -2.09. The molecule has 0 aliphatic heterocycles. The molecular weight excluding hydrogens is 312 g/mol. The van der Waals surface area contributed by atoms with Gasteiger partial charge in [-0.3, -0.25) is 0 Å². The third-order valence-corrected chi connectivity index (χ3v) is 4.12. The molecule has 3 N–H and O–H groups in total. The number of aryl methyl sites for hydroxylation is 1. The fourth-order valence-corrected chi connectivity index (χ4v) is 2.82. The van der Waals surface area contributed by atoms with E-state index in [1.807, 2.05) is 61.5 Å². The lowest BCUT2D eigenvalue weighted by molar-refractivity contribution is 0.441. The van der Waals surface area contributed by atoms with E-state index in [0.717, 1.165) is 39.2 Å². The maximum atomic E-state index is 5.96. The Kier molecular flexibility index (Phi) is 3.82. The number of rotatable bonds is 4. The summed E-state index contributed by atoms with van der Waals surface area (Å²) in [7, 11) is 0. The Bertz CT molecular complexity index is 1020. The SMILES string of the molecule is Cc1ccc(NCc2ccc3noc(-c4ccccc4)c3c2)c(N)n1. The molecule has 2 aromatic heterocycles. The zero-order valence-corrected chi connectivity index (χ0v) is 13.9. The van der Waals surface area contributed by atoms with Gasteiger partial charge in [-0.2, -0.15) is 0 Å². The highest BCUT2D eigenvalue weighted by Gasteiger charge is 2.11. The first kappa shape index (κ1) is 15.2. The monoisotopic (exact) mass is 330 g/mol. The highest BCUT2D eigenvalue weighted by molar-refractivity contribution is 5.92. The number of anilines is 2. The van der Waals surface area contributed by atoms with Crippen LogP contribution < -0.4 is 11.1 Å². The second kappa shape index (κ2) is 6.28. The summed E-state index contributed by atoms with van der Waals surface area (Å²) in [4.78, 5) is 4.27. The number of nitrogens with two attached hydrogens (primary N) is 1. The number of nitrogens with zero attached hydrogens (tertiary/aromatic N) is 2. The average Bonchev–Trinajstić information content (AvgIpc) is 3.05. The van der Waals surface area contributed by atoms with Crippen molar-refractivity contribution in [1.29, 1.82) is 0 Å². The van der Waals surface area contributed by atoms with Crippen LogP contribution >= 0.6 is 0 Å². The first-order valence-electron chi connectivity index (χ1n) is 8.11. The first-order chi connectivity index (χ1) is 12.2. The van der Waals surface area contributed by atoms with Crippen molar-refractivity contribution in [3.63, 3.8) is 0 Å². The molecule has 0 fully saturated rings. The second-order valence-corrected chi connectivity index (χ2v) is 5.97. The molecule has 0 aliphatic carbocycles. The van der Waals surface area contributed by atoms with Crippen LogP contribution in [0.4, 0.5) is 11.5 Å². The van der Waals surface area contributed by atoms with Crippen LogP contribution in [0.1, 0.15) is 11.3 Å². The molecule has 0 aliphatic rings. The zero-order valence-electron chi connectivity index (χ0n) is 13.9. The van der Waals surface area contributed by atoms with Crippen molar-refractivity contribution in [2.75, 3.05) is 11.1 Å². The quantitative estimate of drug-likeness (QED) is 0.580. The van der Waals surface area contributed by atoms with Gasteiger partial charge in [-0.1, -0.05) is 41.6 Å². The Morgan fingerprint density at radius 2 is 1.88 bits per heavy atom. The fraction of sp³-hybridized carbons (Fsp3) is 0.100. The van der Waals surface area contributed by atoms with Gasteiger partial charge in [0, 0.05) is 17.8 Å². The average molecular weight is 330 g/mol. The summed E-state index contributed by atoms with van der Waals surface area (Å²) in [5.41, 5.74) is 10.7. The molecule has 2 aromatic carbocycles. The summed E-state index contributed by atoms with van der Waals surface area (Å²) in [6.07, 6.45) is 0. The third-order valence-electron chi connectivity index (χ3n) is 4.12. The largest absolute Gasteiger partial charge is 0.382 e. The van der Waals surface area contributed by atoms with Crippen LogP contribution in [0.15, 0.2) is 65.2 Å². The molecule has 0 atom stereocenters. The number of fused-ring (bicyclic) bond motifs is 1. The Morgan fingerprint density at radius 1 is 1.04 bits per heavy atom. The van der Waals surface area contributed by atoms with E-state index in [-0.39, 0.29) is 0 Å². The van der Waals surface area contributed by atoms with E-state index in [9.17, 15) is 0 Å². The number of benzene rings is 2. The van der Waals surface area contributed by atoms with Gasteiger partial charge in [-0.15, -0.1) is 0 Å². The van der Waals surface area contributed by atoms with E-state index >= 15 is 0 Å². The molecule has 4 aromatic rings. The van der Waals surface area contributed by atoms with Crippen LogP contribution in [-0.4, -0.2) is 10.1 Å². The smallest absolute Gasteiger partial charge is 0.174 e. The lowest BCUT2D eigenvalue weighted by Crippen LogP contribution is -2.04. The van der Waals surface area contributed by atoms with Crippen molar-refractivity contribution in [2.45, 2.75) is 13.5 Å². The van der Waals surface area contributed by atoms with Gasteiger partial charge in [0.15, 0.2) is 5.76 Å². The van der Waals surface area contributed by atoms with Crippen molar-refractivity contribution >= 4 is 22.4 Å². The van der Waals surface area contributed by atoms with Crippen molar-refractivity contribution in [2.24, 2.45) is 0 Å². The van der Waals surface area contributed by atoms with E-state index in [2.05, 4.69) is 21.5 Å². The van der Waals surface area contributed by atoms with E-state index in [1.165, 1.54) is 0 Å². The van der Waals surface area contributed by atoms with Crippen LogP contribution in [0.2, 0.25) is 0 Å². The number of pyridine rings is 1. The van der Waals surface area contributed by atoms with Gasteiger partial charge in [-0.25, -0.2) is 4.98 Å². The molecule has 0 saturated heterocycles. The van der Waals surface area contributed by atoms with Crippen LogP contribution in [0, 0.1) is 6.92 Å². The molecule has 0 bridgehead atoms. The second-order valence-electron chi connectivity index (χ2n) is 5.97. The predicted octanol–water partition coefficient (Wildman–Crippen LogP) is 4.39. The van der Waals surface area contributed by atoms with Crippen LogP contribution in [0.25, 0.3) is 22.2 Å². The van der Waals surface area contributed by atoms with Gasteiger partial charge in [-0.05, 0) is 36.8 Å². The molecule has 0 saturated carbocycles. The summed E-state index contributed by atoms with van der Waals surface area (Å²) < 4.78 is 5.55. The van der Waals surface area contributed by atoms with Crippen molar-refractivity contribution in [1.82, 2.24) is 10.1 Å². The highest BCUT2D eigenvalue weighted by atomic mass is 16.5. The molecule has 5 nitrogen and oxygen atoms in total. The number of hydrogen-bond donors (Lipinski definition) is 2. The van der Waals surface area contributed by atoms with Gasteiger partial charge in [0.1, 0.15) is 11.3 Å². The molecule has 5 heteroatoms. The predicted molar refractivity (Wildman–Crippen MR) is 100 cm³/mol. The van der Waals surface area contributed by atoms with Crippen LogP contribution in [0.3, 0.4) is 0 Å². The zero-order chi connectivity index (χ0) is 17.2. The van der Waals surface area contributed by atoms with Gasteiger partial charge in [0.05, 0.1) is 11.1 Å². The van der Waals surface area contributed by atoms with Gasteiger partial charge in [0.2, 0.25) is 0 Å².